The molecular formula is C23H23Cl3N4O. The summed E-state index contributed by atoms with van der Waals surface area (Å²) in [5.74, 6) is -0.231. The highest BCUT2D eigenvalue weighted by Crippen LogP contribution is 2.33. The van der Waals surface area contributed by atoms with Crippen molar-refractivity contribution in [2.24, 2.45) is 0 Å². The van der Waals surface area contributed by atoms with E-state index in [2.05, 4.69) is 17.4 Å². The second kappa shape index (κ2) is 9.21. The maximum atomic E-state index is 13.2. The van der Waals surface area contributed by atoms with Crippen LogP contribution in [0.15, 0.2) is 42.5 Å². The average Bonchev–Trinajstić information content (AvgIpc) is 3.07. The van der Waals surface area contributed by atoms with Crippen LogP contribution in [0.25, 0.3) is 16.9 Å². The molecule has 1 N–H and O–H groups in total. The van der Waals surface area contributed by atoms with Crippen LogP contribution in [0.4, 0.5) is 0 Å². The van der Waals surface area contributed by atoms with Crippen molar-refractivity contribution in [1.29, 1.82) is 0 Å². The fraction of sp³-hybridized carbons (Fsp3) is 0.304. The zero-order valence-electron chi connectivity index (χ0n) is 17.3. The summed E-state index contributed by atoms with van der Waals surface area (Å²) < 4.78 is 1.70. The van der Waals surface area contributed by atoms with Crippen molar-refractivity contribution in [2.75, 3.05) is 6.54 Å². The number of halogens is 3. The Hall–Kier alpha value is -2.05. The Morgan fingerprint density at radius 3 is 2.45 bits per heavy atom. The molecule has 1 unspecified atom stereocenters. The van der Waals surface area contributed by atoms with Gasteiger partial charge in [-0.05, 0) is 57.0 Å². The first-order chi connectivity index (χ1) is 14.8. The van der Waals surface area contributed by atoms with Gasteiger partial charge in [0.15, 0.2) is 5.69 Å². The minimum atomic E-state index is -0.231. The Morgan fingerprint density at radius 2 is 1.77 bits per heavy atom. The van der Waals surface area contributed by atoms with Gasteiger partial charge in [-0.2, -0.15) is 5.10 Å². The van der Waals surface area contributed by atoms with Gasteiger partial charge in [-0.3, -0.25) is 10.2 Å². The molecular weight excluding hydrogens is 455 g/mol. The quantitative estimate of drug-likeness (QED) is 0.478. The van der Waals surface area contributed by atoms with E-state index in [0.29, 0.717) is 32.5 Å². The van der Waals surface area contributed by atoms with Crippen molar-refractivity contribution in [3.8, 4) is 16.9 Å². The van der Waals surface area contributed by atoms with Gasteiger partial charge in [-0.15, -0.1) is 0 Å². The van der Waals surface area contributed by atoms with Gasteiger partial charge in [-0.25, -0.2) is 9.69 Å². The molecule has 1 aromatic heterocycles. The Morgan fingerprint density at radius 1 is 1.06 bits per heavy atom. The second-order valence-electron chi connectivity index (χ2n) is 7.82. The summed E-state index contributed by atoms with van der Waals surface area (Å²) in [4.78, 5) is 13.2. The molecule has 3 aromatic rings. The van der Waals surface area contributed by atoms with Crippen LogP contribution < -0.4 is 5.43 Å². The van der Waals surface area contributed by atoms with Gasteiger partial charge in [0.1, 0.15) is 0 Å². The number of carbonyl (C=O) groups is 1. The summed E-state index contributed by atoms with van der Waals surface area (Å²) in [6, 6.07) is 12.9. The Bertz CT molecular complexity index is 1110. The summed E-state index contributed by atoms with van der Waals surface area (Å²) in [5, 5.41) is 8.29. The van der Waals surface area contributed by atoms with Crippen LogP contribution >= 0.6 is 34.8 Å². The number of rotatable bonds is 4. The molecule has 5 nitrogen and oxygen atoms in total. The number of piperidine rings is 1. The van der Waals surface area contributed by atoms with Crippen molar-refractivity contribution in [3.05, 3.63) is 68.8 Å². The van der Waals surface area contributed by atoms with Crippen LogP contribution in [0, 0.1) is 6.92 Å². The predicted molar refractivity (Wildman–Crippen MR) is 126 cm³/mol. The van der Waals surface area contributed by atoms with E-state index in [-0.39, 0.29) is 5.91 Å². The first-order valence-electron chi connectivity index (χ1n) is 10.2. The van der Waals surface area contributed by atoms with Crippen LogP contribution in [0.2, 0.25) is 15.1 Å². The highest BCUT2D eigenvalue weighted by molar-refractivity contribution is 6.35. The van der Waals surface area contributed by atoms with E-state index in [1.807, 2.05) is 36.2 Å². The predicted octanol–water partition coefficient (Wildman–Crippen LogP) is 6.33. The van der Waals surface area contributed by atoms with Gasteiger partial charge in [0, 0.05) is 33.8 Å². The number of benzene rings is 2. The molecule has 1 amide bonds. The van der Waals surface area contributed by atoms with E-state index in [4.69, 9.17) is 34.8 Å². The van der Waals surface area contributed by atoms with Crippen LogP contribution in [0.5, 0.6) is 0 Å². The van der Waals surface area contributed by atoms with E-state index in [0.717, 1.165) is 36.2 Å². The standard InChI is InChI=1S/C23H23Cl3N4O/c1-14-5-3-4-12-29(14)28-23(31)21-15(2)22(16-6-8-17(24)9-7-16)30(27-21)20-11-10-18(25)13-19(20)26/h6-11,13-14H,3-5,12H2,1-2H3,(H,28,31). The fourth-order valence-corrected chi connectivity index (χ4v) is 4.55. The lowest BCUT2D eigenvalue weighted by Crippen LogP contribution is -2.50. The normalized spacial score (nSPS) is 17.0. The molecule has 8 heteroatoms. The number of aromatic nitrogens is 2. The minimum Gasteiger partial charge on any atom is -0.283 e. The van der Waals surface area contributed by atoms with Gasteiger partial charge in [0.25, 0.3) is 5.91 Å². The third kappa shape index (κ3) is 4.60. The molecule has 31 heavy (non-hydrogen) atoms. The number of nitrogens with zero attached hydrogens (tertiary/aromatic N) is 3. The highest BCUT2D eigenvalue weighted by Gasteiger charge is 2.26. The van der Waals surface area contributed by atoms with E-state index in [9.17, 15) is 4.79 Å². The Balaban J connectivity index is 1.80. The third-order valence-electron chi connectivity index (χ3n) is 5.64. The summed E-state index contributed by atoms with van der Waals surface area (Å²) in [7, 11) is 0. The molecule has 1 aliphatic heterocycles. The van der Waals surface area contributed by atoms with Crippen molar-refractivity contribution in [2.45, 2.75) is 39.2 Å². The van der Waals surface area contributed by atoms with Crippen LogP contribution in [0.1, 0.15) is 42.2 Å². The maximum absolute atomic E-state index is 13.2. The summed E-state index contributed by atoms with van der Waals surface area (Å²) in [6.45, 7) is 4.85. The zero-order valence-corrected chi connectivity index (χ0v) is 19.6. The lowest BCUT2D eigenvalue weighted by molar-refractivity contribution is 0.0606. The number of carbonyl (C=O) groups excluding carboxylic acids is 1. The van der Waals surface area contributed by atoms with Crippen molar-refractivity contribution < 1.29 is 4.79 Å². The molecule has 1 fully saturated rings. The SMILES string of the molecule is Cc1c(C(=O)NN2CCCCC2C)nn(-c2ccc(Cl)cc2Cl)c1-c1ccc(Cl)cc1. The van der Waals surface area contributed by atoms with E-state index in [1.165, 1.54) is 6.42 Å². The summed E-state index contributed by atoms with van der Waals surface area (Å²) in [5.41, 5.74) is 6.46. The highest BCUT2D eigenvalue weighted by atomic mass is 35.5. The molecule has 162 valence electrons. The van der Waals surface area contributed by atoms with E-state index < -0.39 is 0 Å². The number of hydrazine groups is 1. The molecule has 1 atom stereocenters. The number of hydrogen-bond donors (Lipinski definition) is 1. The molecule has 2 aromatic carbocycles. The lowest BCUT2D eigenvalue weighted by Gasteiger charge is -2.33. The van der Waals surface area contributed by atoms with Gasteiger partial charge in [-0.1, -0.05) is 53.4 Å². The number of hydrogen-bond acceptors (Lipinski definition) is 3. The van der Waals surface area contributed by atoms with Crippen LogP contribution in [-0.2, 0) is 0 Å². The first-order valence-corrected chi connectivity index (χ1v) is 11.4. The minimum absolute atomic E-state index is 0.231. The molecule has 0 radical (unpaired) electrons. The first kappa shape index (κ1) is 22.2. The largest absolute Gasteiger partial charge is 0.286 e. The average molecular weight is 478 g/mol. The monoisotopic (exact) mass is 476 g/mol. The molecule has 1 aliphatic rings. The molecule has 0 spiro atoms. The van der Waals surface area contributed by atoms with Crippen LogP contribution in [-0.4, -0.2) is 33.3 Å². The van der Waals surface area contributed by atoms with Crippen molar-refractivity contribution in [1.82, 2.24) is 20.2 Å². The lowest BCUT2D eigenvalue weighted by atomic mass is 10.1. The molecule has 0 bridgehead atoms. The van der Waals surface area contributed by atoms with Gasteiger partial charge < -0.3 is 0 Å². The topological polar surface area (TPSA) is 50.2 Å². The molecule has 2 heterocycles. The van der Waals surface area contributed by atoms with Crippen molar-refractivity contribution >= 4 is 40.7 Å². The van der Waals surface area contributed by atoms with E-state index in [1.54, 1.807) is 22.9 Å². The van der Waals surface area contributed by atoms with Gasteiger partial charge >= 0.3 is 0 Å². The zero-order chi connectivity index (χ0) is 22.1. The van der Waals surface area contributed by atoms with Gasteiger partial charge in [0.2, 0.25) is 0 Å². The number of nitrogens with one attached hydrogen (secondary N) is 1. The molecule has 1 saturated heterocycles. The second-order valence-corrected chi connectivity index (χ2v) is 9.10. The Kier molecular flexibility index (Phi) is 6.58. The van der Waals surface area contributed by atoms with E-state index >= 15 is 0 Å². The number of amides is 1. The summed E-state index contributed by atoms with van der Waals surface area (Å²) in [6.07, 6.45) is 3.30. The smallest absolute Gasteiger partial charge is 0.283 e. The molecule has 0 saturated carbocycles. The molecule has 0 aliphatic carbocycles. The van der Waals surface area contributed by atoms with Gasteiger partial charge in [0.05, 0.1) is 16.4 Å². The Labute approximate surface area is 196 Å². The third-order valence-corrected chi connectivity index (χ3v) is 6.43. The fourth-order valence-electron chi connectivity index (χ4n) is 3.93. The maximum Gasteiger partial charge on any atom is 0.286 e. The van der Waals surface area contributed by atoms with Crippen molar-refractivity contribution in [3.63, 3.8) is 0 Å². The molecule has 4 rings (SSSR count). The summed E-state index contributed by atoms with van der Waals surface area (Å²) >= 11 is 18.7. The van der Waals surface area contributed by atoms with Crippen LogP contribution in [0.3, 0.4) is 0 Å².